The minimum atomic E-state index is -0.410. The first-order chi connectivity index (χ1) is 15.5. The first kappa shape index (κ1) is 22.1. The van der Waals surface area contributed by atoms with Crippen LogP contribution in [0.3, 0.4) is 0 Å². The average Bonchev–Trinajstić information content (AvgIpc) is 3.49. The molecule has 1 saturated heterocycles. The molecule has 3 heterocycles. The number of aromatic amines is 1. The van der Waals surface area contributed by atoms with E-state index in [1.807, 2.05) is 60.8 Å². The van der Waals surface area contributed by atoms with Gasteiger partial charge in [-0.15, -0.1) is 11.8 Å². The second-order valence-corrected chi connectivity index (χ2v) is 8.87. The highest BCUT2D eigenvalue weighted by atomic mass is 32.2. The number of allylic oxidation sites excluding steroid dienone is 3. The maximum Gasteiger partial charge on any atom is 0.233 e. The van der Waals surface area contributed by atoms with Crippen LogP contribution in [0.5, 0.6) is 0 Å². The number of benzene rings is 1. The second kappa shape index (κ2) is 9.61. The van der Waals surface area contributed by atoms with E-state index in [1.165, 1.54) is 11.6 Å². The maximum atomic E-state index is 13.8. The molecule has 1 amide bonds. The zero-order chi connectivity index (χ0) is 22.7. The minimum Gasteiger partial charge on any atom is -0.330 e. The Morgan fingerprint density at radius 2 is 2.16 bits per heavy atom. The number of carbonyl (C=O) groups is 1. The zero-order valence-electron chi connectivity index (χ0n) is 18.5. The first-order valence-electron chi connectivity index (χ1n) is 10.7. The van der Waals surface area contributed by atoms with Crippen molar-refractivity contribution in [1.29, 1.82) is 0 Å². The van der Waals surface area contributed by atoms with Gasteiger partial charge in [0.15, 0.2) is 5.95 Å². The van der Waals surface area contributed by atoms with Gasteiger partial charge in [0.1, 0.15) is 11.1 Å². The highest BCUT2D eigenvalue weighted by molar-refractivity contribution is 8.00. The summed E-state index contributed by atoms with van der Waals surface area (Å²) in [7, 11) is 0. The van der Waals surface area contributed by atoms with E-state index in [4.69, 9.17) is 5.10 Å². The van der Waals surface area contributed by atoms with E-state index in [9.17, 15) is 9.18 Å². The third-order valence-corrected chi connectivity index (χ3v) is 6.78. The fourth-order valence-corrected chi connectivity index (χ4v) is 5.15. The van der Waals surface area contributed by atoms with Crippen molar-refractivity contribution in [1.82, 2.24) is 19.7 Å². The SMILES string of the molecule is C/C=C\C(=C/C)CCN1C(=O)CSC1c1cn(-c2cccc(C)c2)nc1-c1ccc(F)[nH]1. The fraction of sp³-hybridized carbons (Fsp3) is 0.280. The highest BCUT2D eigenvalue weighted by Crippen LogP contribution is 2.42. The van der Waals surface area contributed by atoms with Crippen molar-refractivity contribution < 1.29 is 9.18 Å². The van der Waals surface area contributed by atoms with Crippen molar-refractivity contribution in [3.05, 3.63) is 83.5 Å². The number of H-pyrrole nitrogens is 1. The van der Waals surface area contributed by atoms with Gasteiger partial charge in [0.05, 0.1) is 17.1 Å². The monoisotopic (exact) mass is 450 g/mol. The molecule has 0 spiro atoms. The lowest BCUT2D eigenvalue weighted by molar-refractivity contribution is -0.128. The number of halogens is 1. The summed E-state index contributed by atoms with van der Waals surface area (Å²) in [6.45, 7) is 6.66. The van der Waals surface area contributed by atoms with Crippen LogP contribution in [0.1, 0.15) is 36.8 Å². The van der Waals surface area contributed by atoms with Crippen molar-refractivity contribution >= 4 is 17.7 Å². The molecular weight excluding hydrogens is 423 g/mol. The van der Waals surface area contributed by atoms with Crippen molar-refractivity contribution in [2.24, 2.45) is 0 Å². The van der Waals surface area contributed by atoms with E-state index in [1.54, 1.807) is 17.8 Å². The molecule has 1 N–H and O–H groups in total. The summed E-state index contributed by atoms with van der Waals surface area (Å²) in [5, 5.41) is 4.62. The van der Waals surface area contributed by atoms with Crippen LogP contribution in [-0.4, -0.2) is 37.9 Å². The van der Waals surface area contributed by atoms with Crippen LogP contribution < -0.4 is 0 Å². The first-order valence-corrected chi connectivity index (χ1v) is 11.8. The molecule has 0 saturated carbocycles. The van der Waals surface area contributed by atoms with Gasteiger partial charge in [0, 0.05) is 18.3 Å². The Kier molecular flexibility index (Phi) is 6.65. The molecule has 1 atom stereocenters. The Balaban J connectivity index is 1.72. The van der Waals surface area contributed by atoms with Gasteiger partial charge in [-0.05, 0) is 57.0 Å². The van der Waals surface area contributed by atoms with E-state index in [-0.39, 0.29) is 11.3 Å². The van der Waals surface area contributed by atoms with Crippen LogP contribution in [0.25, 0.3) is 17.1 Å². The molecule has 1 aromatic carbocycles. The molecule has 7 heteroatoms. The van der Waals surface area contributed by atoms with E-state index in [0.717, 1.165) is 23.2 Å². The number of nitrogens with zero attached hydrogens (tertiary/aromatic N) is 3. The number of hydrogen-bond donors (Lipinski definition) is 1. The maximum absolute atomic E-state index is 13.8. The summed E-state index contributed by atoms with van der Waals surface area (Å²) in [5.74, 6) is 0.128. The lowest BCUT2D eigenvalue weighted by atomic mass is 10.1. The number of thioether (sulfide) groups is 1. The van der Waals surface area contributed by atoms with Gasteiger partial charge < -0.3 is 9.88 Å². The predicted octanol–water partition coefficient (Wildman–Crippen LogP) is 5.80. The van der Waals surface area contributed by atoms with Crippen LogP contribution >= 0.6 is 11.8 Å². The van der Waals surface area contributed by atoms with E-state index in [2.05, 4.69) is 23.2 Å². The van der Waals surface area contributed by atoms with Gasteiger partial charge in [-0.3, -0.25) is 4.79 Å². The molecule has 0 aliphatic carbocycles. The van der Waals surface area contributed by atoms with Gasteiger partial charge in [-0.1, -0.05) is 35.9 Å². The van der Waals surface area contributed by atoms with Crippen molar-refractivity contribution in [2.75, 3.05) is 12.3 Å². The summed E-state index contributed by atoms with van der Waals surface area (Å²) in [4.78, 5) is 17.4. The van der Waals surface area contributed by atoms with Gasteiger partial charge >= 0.3 is 0 Å². The largest absolute Gasteiger partial charge is 0.330 e. The van der Waals surface area contributed by atoms with Crippen molar-refractivity contribution in [2.45, 2.75) is 32.6 Å². The fourth-order valence-electron chi connectivity index (χ4n) is 3.93. The molecule has 2 aromatic heterocycles. The number of amides is 1. The van der Waals surface area contributed by atoms with Crippen LogP contribution in [0.4, 0.5) is 4.39 Å². The zero-order valence-corrected chi connectivity index (χ0v) is 19.3. The summed E-state index contributed by atoms with van der Waals surface area (Å²) in [5.41, 5.74) is 5.41. The van der Waals surface area contributed by atoms with Gasteiger partial charge in [0.2, 0.25) is 5.91 Å². The lowest BCUT2D eigenvalue weighted by Gasteiger charge is -2.24. The van der Waals surface area contributed by atoms with E-state index < -0.39 is 5.95 Å². The third kappa shape index (κ3) is 4.58. The summed E-state index contributed by atoms with van der Waals surface area (Å²) >= 11 is 1.59. The van der Waals surface area contributed by atoms with Crippen LogP contribution in [0.15, 0.2) is 66.4 Å². The molecule has 0 bridgehead atoms. The third-order valence-electron chi connectivity index (χ3n) is 5.54. The molecule has 5 nitrogen and oxygen atoms in total. The normalized spacial score (nSPS) is 17.1. The Morgan fingerprint density at radius 1 is 1.31 bits per heavy atom. The Hall–Kier alpha value is -3.06. The van der Waals surface area contributed by atoms with Crippen molar-refractivity contribution in [3.63, 3.8) is 0 Å². The predicted molar refractivity (Wildman–Crippen MR) is 128 cm³/mol. The summed E-state index contributed by atoms with van der Waals surface area (Å²) in [6, 6.07) is 11.1. The molecular formula is C25H27FN4OS. The number of aryl methyl sites for hydroxylation is 1. The Morgan fingerprint density at radius 3 is 2.84 bits per heavy atom. The molecule has 32 heavy (non-hydrogen) atoms. The Bertz CT molecular complexity index is 1180. The standard InChI is InChI=1S/C25H27FN4OS/c1-4-7-18(5-2)12-13-29-23(31)16-32-25(29)20-15-30(19-9-6-8-17(3)14-19)28-24(20)21-10-11-22(26)27-21/h4-11,14-15,25,27H,12-13,16H2,1-3H3/b7-4-,18-5+. The molecule has 166 valence electrons. The lowest BCUT2D eigenvalue weighted by Crippen LogP contribution is -2.29. The quantitative estimate of drug-likeness (QED) is 0.463. The molecule has 0 radical (unpaired) electrons. The van der Waals surface area contributed by atoms with Crippen LogP contribution in [0, 0.1) is 12.9 Å². The smallest absolute Gasteiger partial charge is 0.233 e. The van der Waals surface area contributed by atoms with E-state index in [0.29, 0.717) is 23.7 Å². The minimum absolute atomic E-state index is 0.114. The number of aromatic nitrogens is 3. The van der Waals surface area contributed by atoms with Crippen LogP contribution in [0.2, 0.25) is 0 Å². The summed E-state index contributed by atoms with van der Waals surface area (Å²) < 4.78 is 15.6. The average molecular weight is 451 g/mol. The second-order valence-electron chi connectivity index (χ2n) is 7.80. The van der Waals surface area contributed by atoms with Gasteiger partial charge in [0.25, 0.3) is 0 Å². The number of nitrogens with one attached hydrogen (secondary N) is 1. The number of rotatable bonds is 7. The molecule has 1 aliphatic rings. The Labute approximate surface area is 192 Å². The molecule has 1 unspecified atom stereocenters. The molecule has 3 aromatic rings. The summed E-state index contributed by atoms with van der Waals surface area (Å²) in [6.07, 6.45) is 8.91. The van der Waals surface area contributed by atoms with Gasteiger partial charge in [-0.2, -0.15) is 9.49 Å². The van der Waals surface area contributed by atoms with Crippen LogP contribution in [-0.2, 0) is 4.79 Å². The highest BCUT2D eigenvalue weighted by Gasteiger charge is 2.35. The molecule has 4 rings (SSSR count). The number of hydrogen-bond acceptors (Lipinski definition) is 3. The van der Waals surface area contributed by atoms with Gasteiger partial charge in [-0.25, -0.2) is 4.68 Å². The van der Waals surface area contributed by atoms with E-state index >= 15 is 0 Å². The number of carbonyl (C=O) groups excluding carboxylic acids is 1. The topological polar surface area (TPSA) is 53.9 Å². The molecule has 1 aliphatic heterocycles. The van der Waals surface area contributed by atoms with Crippen molar-refractivity contribution in [3.8, 4) is 17.1 Å². The molecule has 1 fully saturated rings.